The van der Waals surface area contributed by atoms with Gasteiger partial charge in [0.15, 0.2) is 0 Å². The summed E-state index contributed by atoms with van der Waals surface area (Å²) < 4.78 is 5.71. The Morgan fingerprint density at radius 2 is 1.88 bits per heavy atom. The molecule has 0 aliphatic carbocycles. The molecule has 0 aliphatic heterocycles. The van der Waals surface area contributed by atoms with Crippen molar-refractivity contribution in [1.82, 2.24) is 0 Å². The van der Waals surface area contributed by atoms with Gasteiger partial charge in [-0.05, 0) is 54.7 Å². The van der Waals surface area contributed by atoms with E-state index in [4.69, 9.17) is 4.74 Å². The lowest BCUT2D eigenvalue weighted by atomic mass is 9.98. The third-order valence-electron chi connectivity index (χ3n) is 4.04. The molecule has 6 nitrogen and oxygen atoms in total. The molecule has 26 heavy (non-hydrogen) atoms. The first kappa shape index (κ1) is 19.4. The van der Waals surface area contributed by atoms with Gasteiger partial charge in [-0.2, -0.15) is 0 Å². The van der Waals surface area contributed by atoms with E-state index in [0.29, 0.717) is 31.1 Å². The first-order valence-corrected chi connectivity index (χ1v) is 8.64. The van der Waals surface area contributed by atoms with E-state index in [2.05, 4.69) is 32.2 Å². The summed E-state index contributed by atoms with van der Waals surface area (Å²) in [5.74, 6) is 1.14. The normalized spacial score (nSPS) is 10.6. The average molecular weight is 356 g/mol. The van der Waals surface area contributed by atoms with Crippen LogP contribution in [-0.2, 0) is 4.79 Å². The highest BCUT2D eigenvalue weighted by Gasteiger charge is 2.07. The quantitative estimate of drug-likeness (QED) is 0.417. The molecule has 0 saturated heterocycles. The minimum Gasteiger partial charge on any atom is -0.494 e. The van der Waals surface area contributed by atoms with Gasteiger partial charge in [0.05, 0.1) is 11.5 Å². The molecule has 0 radical (unpaired) electrons. The third kappa shape index (κ3) is 5.58. The van der Waals surface area contributed by atoms with Gasteiger partial charge in [0.25, 0.3) is 5.69 Å². The molecule has 0 aromatic heterocycles. The smallest absolute Gasteiger partial charge is 0.269 e. The number of hydrogen-bond donors (Lipinski definition) is 1. The zero-order chi connectivity index (χ0) is 19.1. The van der Waals surface area contributed by atoms with E-state index in [1.54, 1.807) is 0 Å². The van der Waals surface area contributed by atoms with E-state index in [0.717, 1.165) is 5.75 Å². The highest BCUT2D eigenvalue weighted by atomic mass is 16.6. The van der Waals surface area contributed by atoms with Crippen LogP contribution in [0.1, 0.15) is 43.7 Å². The Morgan fingerprint density at radius 1 is 1.19 bits per heavy atom. The van der Waals surface area contributed by atoms with E-state index in [9.17, 15) is 14.9 Å². The molecule has 2 aromatic rings. The van der Waals surface area contributed by atoms with Crippen molar-refractivity contribution >= 4 is 17.3 Å². The summed E-state index contributed by atoms with van der Waals surface area (Å²) in [7, 11) is 0. The Bertz CT molecular complexity index is 770. The Morgan fingerprint density at radius 3 is 2.46 bits per heavy atom. The molecule has 0 atom stereocenters. The van der Waals surface area contributed by atoms with Crippen molar-refractivity contribution in [3.63, 3.8) is 0 Å². The largest absolute Gasteiger partial charge is 0.494 e. The van der Waals surface area contributed by atoms with E-state index >= 15 is 0 Å². The zero-order valence-corrected chi connectivity index (χ0v) is 15.3. The maximum absolute atomic E-state index is 11.9. The molecular formula is C20H24N2O4. The number of hydrogen-bond acceptors (Lipinski definition) is 4. The lowest BCUT2D eigenvalue weighted by Crippen LogP contribution is -2.12. The van der Waals surface area contributed by atoms with Crippen LogP contribution in [0.2, 0.25) is 0 Å². The van der Waals surface area contributed by atoms with Crippen LogP contribution in [0, 0.1) is 17.0 Å². The van der Waals surface area contributed by atoms with Gasteiger partial charge in [-0.1, -0.05) is 19.9 Å². The van der Waals surface area contributed by atoms with Crippen LogP contribution in [0.3, 0.4) is 0 Å². The minimum absolute atomic E-state index is 0.00447. The van der Waals surface area contributed by atoms with Crippen molar-refractivity contribution in [2.75, 3.05) is 11.9 Å². The van der Waals surface area contributed by atoms with Crippen molar-refractivity contribution in [1.29, 1.82) is 0 Å². The van der Waals surface area contributed by atoms with E-state index in [1.165, 1.54) is 35.4 Å². The molecule has 0 fully saturated rings. The lowest BCUT2D eigenvalue weighted by Gasteiger charge is -2.12. The summed E-state index contributed by atoms with van der Waals surface area (Å²) in [4.78, 5) is 22.0. The SMILES string of the molecule is Cc1cc(OCCCC(=O)Nc2ccc([N+](=O)[O-])cc2)ccc1C(C)C. The average Bonchev–Trinajstić information content (AvgIpc) is 2.59. The fourth-order valence-electron chi connectivity index (χ4n) is 2.70. The number of amides is 1. The molecule has 6 heteroatoms. The Balaban J connectivity index is 1.74. The van der Waals surface area contributed by atoms with Crippen molar-refractivity contribution < 1.29 is 14.5 Å². The number of ether oxygens (including phenoxy) is 1. The first-order chi connectivity index (χ1) is 12.4. The van der Waals surface area contributed by atoms with Crippen LogP contribution in [0.25, 0.3) is 0 Å². The van der Waals surface area contributed by atoms with Crippen molar-refractivity contribution in [2.45, 2.75) is 39.5 Å². The Hall–Kier alpha value is -2.89. The fourth-order valence-corrected chi connectivity index (χ4v) is 2.70. The monoisotopic (exact) mass is 356 g/mol. The van der Waals surface area contributed by atoms with Gasteiger partial charge < -0.3 is 10.1 Å². The van der Waals surface area contributed by atoms with E-state index in [1.807, 2.05) is 12.1 Å². The number of nitrogens with zero attached hydrogens (tertiary/aromatic N) is 1. The van der Waals surface area contributed by atoms with Gasteiger partial charge >= 0.3 is 0 Å². The predicted molar refractivity (Wildman–Crippen MR) is 102 cm³/mol. The topological polar surface area (TPSA) is 81.5 Å². The van der Waals surface area contributed by atoms with Gasteiger partial charge in [-0.25, -0.2) is 0 Å². The summed E-state index contributed by atoms with van der Waals surface area (Å²) in [6.07, 6.45) is 0.907. The molecule has 0 unspecified atom stereocenters. The number of anilines is 1. The molecule has 0 bridgehead atoms. The molecule has 0 spiro atoms. The fraction of sp³-hybridized carbons (Fsp3) is 0.350. The van der Waals surface area contributed by atoms with Crippen molar-refractivity contribution in [3.05, 3.63) is 63.7 Å². The van der Waals surface area contributed by atoms with Gasteiger partial charge in [0.1, 0.15) is 5.75 Å². The summed E-state index contributed by atoms with van der Waals surface area (Å²) in [5, 5.41) is 13.3. The first-order valence-electron chi connectivity index (χ1n) is 8.64. The van der Waals surface area contributed by atoms with Gasteiger partial charge in [0.2, 0.25) is 5.91 Å². The molecule has 0 aliphatic rings. The molecule has 0 saturated carbocycles. The molecule has 1 amide bonds. The van der Waals surface area contributed by atoms with E-state index < -0.39 is 4.92 Å². The predicted octanol–water partition coefficient (Wildman–Crippen LogP) is 4.82. The zero-order valence-electron chi connectivity index (χ0n) is 15.3. The van der Waals surface area contributed by atoms with Crippen molar-refractivity contribution in [2.24, 2.45) is 0 Å². The summed E-state index contributed by atoms with van der Waals surface area (Å²) in [6.45, 7) is 6.84. The molecular weight excluding hydrogens is 332 g/mol. The highest BCUT2D eigenvalue weighted by molar-refractivity contribution is 5.90. The molecule has 1 N–H and O–H groups in total. The van der Waals surface area contributed by atoms with E-state index in [-0.39, 0.29) is 11.6 Å². The second-order valence-electron chi connectivity index (χ2n) is 6.48. The van der Waals surface area contributed by atoms with Crippen LogP contribution in [0.4, 0.5) is 11.4 Å². The van der Waals surface area contributed by atoms with Crippen molar-refractivity contribution in [3.8, 4) is 5.75 Å². The number of aryl methyl sites for hydroxylation is 1. The second-order valence-corrected chi connectivity index (χ2v) is 6.48. The van der Waals surface area contributed by atoms with Crippen LogP contribution in [0.15, 0.2) is 42.5 Å². The van der Waals surface area contributed by atoms with Gasteiger partial charge in [0, 0.05) is 24.2 Å². The third-order valence-corrected chi connectivity index (χ3v) is 4.04. The number of carbonyl (C=O) groups excluding carboxylic acids is 1. The minimum atomic E-state index is -0.474. The maximum Gasteiger partial charge on any atom is 0.269 e. The lowest BCUT2D eigenvalue weighted by molar-refractivity contribution is -0.384. The number of carbonyl (C=O) groups is 1. The summed E-state index contributed by atoms with van der Waals surface area (Å²) in [5.41, 5.74) is 3.05. The maximum atomic E-state index is 11.9. The number of nitro groups is 1. The Kier molecular flexibility index (Phi) is 6.72. The second kappa shape index (κ2) is 8.99. The van der Waals surface area contributed by atoms with Crippen LogP contribution in [0.5, 0.6) is 5.75 Å². The molecule has 138 valence electrons. The summed E-state index contributed by atoms with van der Waals surface area (Å²) in [6, 6.07) is 11.8. The number of non-ortho nitro benzene ring substituents is 1. The number of benzene rings is 2. The van der Waals surface area contributed by atoms with Gasteiger partial charge in [-0.3, -0.25) is 14.9 Å². The molecule has 2 rings (SSSR count). The van der Waals surface area contributed by atoms with Gasteiger partial charge in [-0.15, -0.1) is 0 Å². The number of rotatable bonds is 8. The van der Waals surface area contributed by atoms with Crippen LogP contribution >= 0.6 is 0 Å². The van der Waals surface area contributed by atoms with Crippen LogP contribution in [-0.4, -0.2) is 17.4 Å². The van der Waals surface area contributed by atoms with Crippen LogP contribution < -0.4 is 10.1 Å². The number of nitrogens with one attached hydrogen (secondary N) is 1. The number of nitro benzene ring substituents is 1. The standard InChI is InChI=1S/C20H24N2O4/c1-14(2)19-11-10-18(13-15(19)3)26-12-4-5-20(23)21-16-6-8-17(9-7-16)22(24)25/h6-11,13-14H,4-5,12H2,1-3H3,(H,21,23). The molecule has 0 heterocycles. The Labute approximate surface area is 153 Å². The highest BCUT2D eigenvalue weighted by Crippen LogP contribution is 2.23. The molecule has 2 aromatic carbocycles. The summed E-state index contributed by atoms with van der Waals surface area (Å²) >= 11 is 0.